The number of thiophene rings is 1. The van der Waals surface area contributed by atoms with E-state index >= 15 is 0 Å². The fourth-order valence-corrected chi connectivity index (χ4v) is 2.32. The van der Waals surface area contributed by atoms with Gasteiger partial charge in [0.15, 0.2) is 0 Å². The van der Waals surface area contributed by atoms with Gasteiger partial charge in [-0.3, -0.25) is 0 Å². The summed E-state index contributed by atoms with van der Waals surface area (Å²) in [5.74, 6) is 0.662. The van der Waals surface area contributed by atoms with Gasteiger partial charge in [0.25, 0.3) is 0 Å². The number of aliphatic hydroxyl groups excluding tert-OH is 1. The normalized spacial score (nSPS) is 10.7. The van der Waals surface area contributed by atoms with Crippen molar-refractivity contribution >= 4 is 22.9 Å². The molecular formula is C9H9ClN2OS. The Morgan fingerprint density at radius 1 is 1.57 bits per heavy atom. The summed E-state index contributed by atoms with van der Waals surface area (Å²) in [5.41, 5.74) is 0. The van der Waals surface area contributed by atoms with Gasteiger partial charge in [0.2, 0.25) is 0 Å². The van der Waals surface area contributed by atoms with Gasteiger partial charge < -0.3 is 9.67 Å². The average Bonchev–Trinajstić information content (AvgIpc) is 2.77. The van der Waals surface area contributed by atoms with Gasteiger partial charge in [0, 0.05) is 17.3 Å². The van der Waals surface area contributed by atoms with Crippen molar-refractivity contribution in [2.24, 2.45) is 0 Å². The lowest BCUT2D eigenvalue weighted by Gasteiger charge is -2.04. The van der Waals surface area contributed by atoms with Gasteiger partial charge in [-0.25, -0.2) is 4.98 Å². The van der Waals surface area contributed by atoms with Crippen molar-refractivity contribution in [1.82, 2.24) is 9.55 Å². The van der Waals surface area contributed by atoms with E-state index in [0.29, 0.717) is 12.4 Å². The number of aliphatic hydroxyl groups is 1. The molecule has 0 fully saturated rings. The molecule has 0 saturated carbocycles. The zero-order chi connectivity index (χ0) is 9.97. The van der Waals surface area contributed by atoms with Crippen LogP contribution in [0.25, 0.3) is 0 Å². The van der Waals surface area contributed by atoms with Gasteiger partial charge in [-0.15, -0.1) is 11.3 Å². The third kappa shape index (κ3) is 1.82. The molecule has 0 radical (unpaired) electrons. The number of imidazole rings is 1. The first-order chi connectivity index (χ1) is 6.81. The van der Waals surface area contributed by atoms with Crippen LogP contribution in [0.3, 0.4) is 0 Å². The van der Waals surface area contributed by atoms with Gasteiger partial charge in [-0.1, -0.05) is 11.6 Å². The minimum atomic E-state index is -0.0456. The molecule has 2 heterocycles. The van der Waals surface area contributed by atoms with Crippen molar-refractivity contribution in [1.29, 1.82) is 0 Å². The van der Waals surface area contributed by atoms with E-state index in [1.165, 1.54) is 0 Å². The number of rotatable bonds is 3. The minimum Gasteiger partial charge on any atom is -0.388 e. The first-order valence-electron chi connectivity index (χ1n) is 4.14. The first-order valence-corrected chi connectivity index (χ1v) is 5.39. The van der Waals surface area contributed by atoms with Gasteiger partial charge in [-0.2, -0.15) is 0 Å². The highest BCUT2D eigenvalue weighted by Gasteiger charge is 2.05. The molecule has 0 aliphatic heterocycles. The topological polar surface area (TPSA) is 38.1 Å². The zero-order valence-electron chi connectivity index (χ0n) is 7.35. The molecule has 2 aromatic rings. The molecule has 14 heavy (non-hydrogen) atoms. The van der Waals surface area contributed by atoms with Crippen LogP contribution >= 0.6 is 22.9 Å². The van der Waals surface area contributed by atoms with E-state index in [0.717, 1.165) is 9.90 Å². The predicted molar refractivity (Wildman–Crippen MR) is 56.6 cm³/mol. The number of aromatic nitrogens is 2. The fraction of sp³-hybridized carbons (Fsp3) is 0.222. The Bertz CT molecular complexity index is 424. The lowest BCUT2D eigenvalue weighted by molar-refractivity contribution is 0.266. The van der Waals surface area contributed by atoms with Crippen LogP contribution in [0.2, 0.25) is 5.02 Å². The number of hydrogen-bond donors (Lipinski definition) is 1. The zero-order valence-corrected chi connectivity index (χ0v) is 8.92. The fourth-order valence-electron chi connectivity index (χ4n) is 1.23. The minimum absolute atomic E-state index is 0.0456. The van der Waals surface area contributed by atoms with E-state index in [-0.39, 0.29) is 6.61 Å². The second-order valence-electron chi connectivity index (χ2n) is 2.82. The van der Waals surface area contributed by atoms with Crippen LogP contribution in [-0.2, 0) is 13.2 Å². The third-order valence-electron chi connectivity index (χ3n) is 1.95. The Morgan fingerprint density at radius 3 is 3.07 bits per heavy atom. The van der Waals surface area contributed by atoms with E-state index in [2.05, 4.69) is 4.98 Å². The maximum Gasteiger partial charge on any atom is 0.134 e. The number of nitrogens with zero attached hydrogens (tertiary/aromatic N) is 2. The van der Waals surface area contributed by atoms with Crippen molar-refractivity contribution in [2.75, 3.05) is 0 Å². The molecule has 1 N–H and O–H groups in total. The average molecular weight is 229 g/mol. The Kier molecular flexibility index (Phi) is 2.86. The quantitative estimate of drug-likeness (QED) is 0.874. The van der Waals surface area contributed by atoms with Crippen LogP contribution in [-0.4, -0.2) is 14.7 Å². The molecule has 74 valence electrons. The summed E-state index contributed by atoms with van der Waals surface area (Å²) >= 11 is 7.57. The van der Waals surface area contributed by atoms with Crippen molar-refractivity contribution in [3.05, 3.63) is 39.6 Å². The lowest BCUT2D eigenvalue weighted by Crippen LogP contribution is -2.03. The van der Waals surface area contributed by atoms with E-state index < -0.39 is 0 Å². The van der Waals surface area contributed by atoms with Crippen molar-refractivity contribution in [3.63, 3.8) is 0 Å². The molecule has 0 aliphatic rings. The summed E-state index contributed by atoms with van der Waals surface area (Å²) in [6, 6.07) is 1.87. The molecule has 0 unspecified atom stereocenters. The standard InChI is InChI=1S/C9H9ClN2OS/c10-7-1-4-14-8(7)5-12-3-2-11-9(12)6-13/h1-4,13H,5-6H2. The maximum atomic E-state index is 8.99. The van der Waals surface area contributed by atoms with Crippen LogP contribution < -0.4 is 0 Å². The highest BCUT2D eigenvalue weighted by Crippen LogP contribution is 2.23. The van der Waals surface area contributed by atoms with E-state index in [1.807, 2.05) is 22.2 Å². The molecule has 0 spiro atoms. The summed E-state index contributed by atoms with van der Waals surface area (Å²) in [4.78, 5) is 5.10. The Labute approximate surface area is 90.6 Å². The highest BCUT2D eigenvalue weighted by molar-refractivity contribution is 7.10. The lowest BCUT2D eigenvalue weighted by atomic mass is 10.4. The van der Waals surface area contributed by atoms with Crippen molar-refractivity contribution in [3.8, 4) is 0 Å². The molecule has 0 atom stereocenters. The maximum absolute atomic E-state index is 8.99. The number of halogens is 1. The second kappa shape index (κ2) is 4.13. The van der Waals surface area contributed by atoms with E-state index in [9.17, 15) is 0 Å². The van der Waals surface area contributed by atoms with Crippen LogP contribution in [0.1, 0.15) is 10.7 Å². The monoisotopic (exact) mass is 228 g/mol. The molecule has 0 aromatic carbocycles. The SMILES string of the molecule is OCc1nccn1Cc1sccc1Cl. The molecule has 3 nitrogen and oxygen atoms in total. The summed E-state index contributed by atoms with van der Waals surface area (Å²) in [6.45, 7) is 0.627. The molecule has 0 amide bonds. The van der Waals surface area contributed by atoms with Crippen LogP contribution in [0, 0.1) is 0 Å². The van der Waals surface area contributed by atoms with Gasteiger partial charge in [0.1, 0.15) is 12.4 Å². The predicted octanol–water partition coefficient (Wildman–Crippen LogP) is 2.14. The molecule has 0 bridgehead atoms. The second-order valence-corrected chi connectivity index (χ2v) is 4.23. The van der Waals surface area contributed by atoms with Gasteiger partial charge in [0.05, 0.1) is 11.6 Å². The summed E-state index contributed by atoms with van der Waals surface area (Å²) in [7, 11) is 0. The summed E-state index contributed by atoms with van der Waals surface area (Å²) in [6.07, 6.45) is 3.51. The Balaban J connectivity index is 2.22. The van der Waals surface area contributed by atoms with Gasteiger partial charge >= 0.3 is 0 Å². The van der Waals surface area contributed by atoms with E-state index in [1.54, 1.807) is 17.5 Å². The van der Waals surface area contributed by atoms with Crippen LogP contribution in [0.5, 0.6) is 0 Å². The summed E-state index contributed by atoms with van der Waals surface area (Å²) in [5, 5.41) is 11.7. The van der Waals surface area contributed by atoms with Crippen LogP contribution in [0.15, 0.2) is 23.8 Å². The smallest absolute Gasteiger partial charge is 0.134 e. The van der Waals surface area contributed by atoms with E-state index in [4.69, 9.17) is 16.7 Å². The molecule has 0 aliphatic carbocycles. The summed E-state index contributed by atoms with van der Waals surface area (Å²) < 4.78 is 1.89. The molecule has 0 saturated heterocycles. The molecule has 5 heteroatoms. The van der Waals surface area contributed by atoms with Crippen LogP contribution in [0.4, 0.5) is 0 Å². The third-order valence-corrected chi connectivity index (χ3v) is 3.32. The van der Waals surface area contributed by atoms with Crippen molar-refractivity contribution in [2.45, 2.75) is 13.2 Å². The largest absolute Gasteiger partial charge is 0.388 e. The Hall–Kier alpha value is -0.840. The number of hydrogen-bond acceptors (Lipinski definition) is 3. The Morgan fingerprint density at radius 2 is 2.43 bits per heavy atom. The van der Waals surface area contributed by atoms with Gasteiger partial charge in [-0.05, 0) is 11.4 Å². The van der Waals surface area contributed by atoms with Crippen molar-refractivity contribution < 1.29 is 5.11 Å². The molecule has 2 aromatic heterocycles. The highest BCUT2D eigenvalue weighted by atomic mass is 35.5. The molecule has 2 rings (SSSR count). The molecular weight excluding hydrogens is 220 g/mol. The first kappa shape index (κ1) is 9.71.